The van der Waals surface area contributed by atoms with E-state index in [9.17, 15) is 8.42 Å². The highest BCUT2D eigenvalue weighted by Gasteiger charge is 2.34. The van der Waals surface area contributed by atoms with Gasteiger partial charge in [-0.15, -0.1) is 0 Å². The van der Waals surface area contributed by atoms with E-state index in [1.54, 1.807) is 4.31 Å². The number of nitrogens with zero attached hydrogens (tertiary/aromatic N) is 2. The molecular formula is C9H14BrN3O2S. The normalized spacial score (nSPS) is 17.6. The van der Waals surface area contributed by atoms with E-state index in [-0.39, 0.29) is 11.1 Å². The van der Waals surface area contributed by atoms with E-state index < -0.39 is 10.0 Å². The van der Waals surface area contributed by atoms with Crippen LogP contribution in [0.1, 0.15) is 19.3 Å². The van der Waals surface area contributed by atoms with Crippen molar-refractivity contribution in [3.05, 3.63) is 12.3 Å². The molecule has 1 aliphatic carbocycles. The zero-order valence-corrected chi connectivity index (χ0v) is 11.2. The van der Waals surface area contributed by atoms with Crippen molar-refractivity contribution in [2.24, 2.45) is 0 Å². The Bertz CT molecular complexity index is 428. The van der Waals surface area contributed by atoms with E-state index in [4.69, 9.17) is 0 Å². The number of hydrogen-bond donors (Lipinski definition) is 1. The predicted molar refractivity (Wildman–Crippen MR) is 63.9 cm³/mol. The van der Waals surface area contributed by atoms with Crippen LogP contribution in [-0.4, -0.2) is 40.8 Å². The number of halogens is 1. The van der Waals surface area contributed by atoms with Crippen LogP contribution in [0.3, 0.4) is 0 Å². The maximum Gasteiger partial charge on any atom is 0.260 e. The van der Waals surface area contributed by atoms with E-state index in [2.05, 4.69) is 26.1 Å². The lowest BCUT2D eigenvalue weighted by Crippen LogP contribution is -2.45. The Morgan fingerprint density at radius 3 is 2.75 bits per heavy atom. The van der Waals surface area contributed by atoms with Gasteiger partial charge in [0.2, 0.25) is 0 Å². The van der Waals surface area contributed by atoms with Gasteiger partial charge in [-0.25, -0.2) is 8.42 Å². The zero-order valence-electron chi connectivity index (χ0n) is 8.76. The van der Waals surface area contributed by atoms with Crippen LogP contribution in [0.5, 0.6) is 0 Å². The lowest BCUT2D eigenvalue weighted by molar-refractivity contribution is 0.227. The summed E-state index contributed by atoms with van der Waals surface area (Å²) in [6.07, 6.45) is 4.49. The third-order valence-electron chi connectivity index (χ3n) is 2.85. The summed E-state index contributed by atoms with van der Waals surface area (Å²) in [4.78, 5) is 0. The molecule has 0 aliphatic heterocycles. The summed E-state index contributed by atoms with van der Waals surface area (Å²) in [6, 6.07) is 1.65. The van der Waals surface area contributed by atoms with Crippen molar-refractivity contribution < 1.29 is 8.42 Å². The first-order chi connectivity index (χ1) is 7.66. The molecule has 0 atom stereocenters. The third-order valence-corrected chi connectivity index (χ3v) is 5.08. The quantitative estimate of drug-likeness (QED) is 0.835. The van der Waals surface area contributed by atoms with Crippen molar-refractivity contribution in [2.45, 2.75) is 30.3 Å². The number of H-pyrrole nitrogens is 1. The van der Waals surface area contributed by atoms with Crippen LogP contribution in [0.2, 0.25) is 0 Å². The van der Waals surface area contributed by atoms with Crippen molar-refractivity contribution in [1.29, 1.82) is 0 Å². The summed E-state index contributed by atoms with van der Waals surface area (Å²) in [5.41, 5.74) is 0. The summed E-state index contributed by atoms with van der Waals surface area (Å²) >= 11 is 3.30. The van der Waals surface area contributed by atoms with E-state index in [0.29, 0.717) is 11.9 Å². The lowest BCUT2D eigenvalue weighted by Gasteiger charge is -2.35. The molecule has 0 saturated heterocycles. The van der Waals surface area contributed by atoms with Gasteiger partial charge in [-0.2, -0.15) is 9.40 Å². The first kappa shape index (κ1) is 12.1. The summed E-state index contributed by atoms with van der Waals surface area (Å²) in [6.45, 7) is 0.506. The minimum absolute atomic E-state index is 0.158. The van der Waals surface area contributed by atoms with Crippen LogP contribution in [0.15, 0.2) is 17.3 Å². The fourth-order valence-corrected chi connectivity index (χ4v) is 3.98. The number of rotatable bonds is 5. The Morgan fingerprint density at radius 2 is 2.31 bits per heavy atom. The van der Waals surface area contributed by atoms with Crippen LogP contribution in [0.25, 0.3) is 0 Å². The molecule has 1 aromatic heterocycles. The molecule has 1 saturated carbocycles. The van der Waals surface area contributed by atoms with Gasteiger partial charge >= 0.3 is 0 Å². The average molecular weight is 308 g/mol. The Labute approximate surface area is 103 Å². The fraction of sp³-hybridized carbons (Fsp3) is 0.667. The van der Waals surface area contributed by atoms with E-state index in [0.717, 1.165) is 19.3 Å². The van der Waals surface area contributed by atoms with Crippen LogP contribution < -0.4 is 0 Å². The van der Waals surface area contributed by atoms with Crippen molar-refractivity contribution in [2.75, 3.05) is 11.9 Å². The minimum atomic E-state index is -3.39. The second-order valence-corrected chi connectivity index (χ2v) is 6.46. The monoisotopic (exact) mass is 307 g/mol. The summed E-state index contributed by atoms with van der Waals surface area (Å²) in [5, 5.41) is 7.05. The summed E-state index contributed by atoms with van der Waals surface area (Å²) in [5.74, 6) is 0. The van der Waals surface area contributed by atoms with Crippen LogP contribution in [-0.2, 0) is 10.0 Å². The largest absolute Gasteiger partial charge is 0.266 e. The Kier molecular flexibility index (Phi) is 3.66. The first-order valence-corrected chi connectivity index (χ1v) is 7.79. The molecule has 1 aliphatic rings. The molecule has 5 nitrogen and oxygen atoms in total. The van der Waals surface area contributed by atoms with Crippen LogP contribution in [0, 0.1) is 0 Å². The number of aromatic amines is 1. The Hall–Kier alpha value is -0.400. The zero-order chi connectivity index (χ0) is 11.6. The van der Waals surface area contributed by atoms with Gasteiger partial charge < -0.3 is 0 Å². The van der Waals surface area contributed by atoms with Gasteiger partial charge in [-0.3, -0.25) is 5.10 Å². The van der Waals surface area contributed by atoms with E-state index in [1.807, 2.05) is 0 Å². The van der Waals surface area contributed by atoms with Crippen LogP contribution >= 0.6 is 15.9 Å². The molecule has 7 heteroatoms. The molecule has 0 bridgehead atoms. The van der Waals surface area contributed by atoms with Gasteiger partial charge in [0.25, 0.3) is 10.0 Å². The van der Waals surface area contributed by atoms with Gasteiger partial charge in [0.05, 0.1) is 6.20 Å². The number of alkyl halides is 1. The molecule has 0 amide bonds. The van der Waals surface area contributed by atoms with E-state index >= 15 is 0 Å². The highest BCUT2D eigenvalue weighted by molar-refractivity contribution is 9.09. The Morgan fingerprint density at radius 1 is 1.56 bits per heavy atom. The number of sulfonamides is 1. The average Bonchev–Trinajstić information content (AvgIpc) is 2.67. The standard InChI is InChI=1S/C9H14BrN3O2S/c10-5-7-13(8-2-1-3-8)16(14,15)9-4-6-11-12-9/h4,6,8H,1-3,5,7H2,(H,11,12). The molecule has 0 spiro atoms. The maximum absolute atomic E-state index is 12.3. The smallest absolute Gasteiger partial charge is 0.260 e. The second kappa shape index (κ2) is 4.85. The third kappa shape index (κ3) is 2.16. The van der Waals surface area contributed by atoms with Gasteiger partial charge in [0.1, 0.15) is 0 Å². The second-order valence-electron chi connectivity index (χ2n) is 3.81. The van der Waals surface area contributed by atoms with Crippen molar-refractivity contribution in [1.82, 2.24) is 14.5 Å². The SMILES string of the molecule is O=S(=O)(c1ccn[nH]1)N(CCBr)C1CCC1. The number of hydrogen-bond acceptors (Lipinski definition) is 3. The molecule has 1 aromatic rings. The molecule has 0 radical (unpaired) electrons. The molecule has 1 heterocycles. The lowest BCUT2D eigenvalue weighted by atomic mass is 9.93. The number of aromatic nitrogens is 2. The highest BCUT2D eigenvalue weighted by Crippen LogP contribution is 2.29. The summed E-state index contributed by atoms with van der Waals surface area (Å²) in [7, 11) is -3.39. The molecular weight excluding hydrogens is 294 g/mol. The minimum Gasteiger partial charge on any atom is -0.266 e. The highest BCUT2D eigenvalue weighted by atomic mass is 79.9. The van der Waals surface area contributed by atoms with Crippen LogP contribution in [0.4, 0.5) is 0 Å². The molecule has 90 valence electrons. The van der Waals surface area contributed by atoms with Crippen molar-refractivity contribution in [3.63, 3.8) is 0 Å². The summed E-state index contributed by atoms with van der Waals surface area (Å²) < 4.78 is 26.1. The van der Waals surface area contributed by atoms with Gasteiger partial charge in [-0.1, -0.05) is 22.4 Å². The molecule has 1 fully saturated rings. The van der Waals surface area contributed by atoms with Crippen molar-refractivity contribution in [3.8, 4) is 0 Å². The van der Waals surface area contributed by atoms with Crippen molar-refractivity contribution >= 4 is 26.0 Å². The topological polar surface area (TPSA) is 66.1 Å². The van der Waals surface area contributed by atoms with E-state index in [1.165, 1.54) is 12.3 Å². The molecule has 1 N–H and O–H groups in total. The van der Waals surface area contributed by atoms with Gasteiger partial charge in [0.15, 0.2) is 5.03 Å². The molecule has 16 heavy (non-hydrogen) atoms. The molecule has 0 unspecified atom stereocenters. The Balaban J connectivity index is 2.24. The van der Waals surface area contributed by atoms with Gasteiger partial charge in [0, 0.05) is 17.9 Å². The molecule has 2 rings (SSSR count). The number of nitrogens with one attached hydrogen (secondary N) is 1. The fourth-order valence-electron chi connectivity index (χ4n) is 1.77. The molecule has 0 aromatic carbocycles. The maximum atomic E-state index is 12.3. The predicted octanol–water partition coefficient (Wildman–Crippen LogP) is 1.35. The van der Waals surface area contributed by atoms with Gasteiger partial charge in [-0.05, 0) is 18.9 Å². The first-order valence-electron chi connectivity index (χ1n) is 5.23.